The first-order chi connectivity index (χ1) is 19.3. The minimum absolute atomic E-state index is 0.0243. The van der Waals surface area contributed by atoms with Gasteiger partial charge < -0.3 is 24.3 Å². The molecule has 2 atom stereocenters. The van der Waals surface area contributed by atoms with Crippen LogP contribution in [0.5, 0.6) is 11.5 Å². The molecule has 0 bridgehead atoms. The number of hydrogen-bond donors (Lipinski definition) is 1. The van der Waals surface area contributed by atoms with Crippen LogP contribution in [-0.4, -0.2) is 53.0 Å². The highest BCUT2D eigenvalue weighted by Gasteiger charge is 2.47. The number of hydrogen-bond acceptors (Lipinski definition) is 4. The largest absolute Gasteiger partial charge is 0.454 e. The SMILES string of the molecule is [2H]c1c([2H])c([C@]2([2H])c3[nH]c4c([2H])c([2H])c([2H])c([2H])c4c3C([2H])([2H])[C@]3([2H])C(=O)N(C)C([2H])([2H])C(=O)N23)c([2H])c2c1OCO2. The summed E-state index contributed by atoms with van der Waals surface area (Å²) in [5.74, 6) is -4.15. The number of nitrogens with zero attached hydrogens (tertiary/aromatic N) is 2. The van der Waals surface area contributed by atoms with E-state index in [1.54, 1.807) is 0 Å². The number of likely N-dealkylation sites (N-methyl/N-ethyl adjacent to an activating group) is 1. The number of piperazine rings is 1. The number of amides is 2. The maximum absolute atomic E-state index is 13.9. The maximum Gasteiger partial charge on any atom is 0.245 e. The smallest absolute Gasteiger partial charge is 0.245 e. The zero-order valence-corrected chi connectivity index (χ0v) is 14.7. The van der Waals surface area contributed by atoms with Crippen LogP contribution in [0.25, 0.3) is 10.9 Å². The van der Waals surface area contributed by atoms with Gasteiger partial charge >= 0.3 is 0 Å². The van der Waals surface area contributed by atoms with Crippen molar-refractivity contribution in [2.45, 2.75) is 18.4 Å². The Kier molecular flexibility index (Phi) is 1.61. The standard InChI is InChI=1S/C22H19N3O4/c1-24-10-19(26)25-16(22(24)27)9-14-13-4-2-3-5-15(13)23-20(14)21(25)12-6-7-17-18(8-12)29-11-28-17/h2-8,16,21,23H,9-11H2,1H3/t16-,21-/m1/s1/i2D,3D,4D,5D,6D,7D,8D,9D2,10D2,16D,21D. The van der Waals surface area contributed by atoms with Crippen molar-refractivity contribution in [2.75, 3.05) is 20.3 Å². The Hall–Kier alpha value is -3.48. The molecule has 29 heavy (non-hydrogen) atoms. The van der Waals surface area contributed by atoms with E-state index in [2.05, 4.69) is 4.98 Å². The number of fused-ring (bicyclic) bond motifs is 5. The summed E-state index contributed by atoms with van der Waals surface area (Å²) in [7, 11) is 0.820. The highest BCUT2D eigenvalue weighted by molar-refractivity contribution is 5.97. The molecular weight excluding hydrogens is 370 g/mol. The summed E-state index contributed by atoms with van der Waals surface area (Å²) in [6.07, 6.45) is -3.37. The highest BCUT2D eigenvalue weighted by atomic mass is 16.7. The first-order valence-corrected chi connectivity index (χ1v) is 8.46. The molecule has 6 rings (SSSR count). The van der Waals surface area contributed by atoms with Gasteiger partial charge in [-0.2, -0.15) is 0 Å². The summed E-state index contributed by atoms with van der Waals surface area (Å²) in [5.41, 5.74) is -2.91. The van der Waals surface area contributed by atoms with Gasteiger partial charge in [0.1, 0.15) is 6.02 Å². The van der Waals surface area contributed by atoms with Gasteiger partial charge in [-0.25, -0.2) is 0 Å². The normalized spacial score (nSPS) is 37.8. The second kappa shape index (κ2) is 5.76. The van der Waals surface area contributed by atoms with E-state index in [9.17, 15) is 12.3 Å². The quantitative estimate of drug-likeness (QED) is 0.677. The van der Waals surface area contributed by atoms with Gasteiger partial charge in [0, 0.05) is 32.8 Å². The van der Waals surface area contributed by atoms with E-state index in [-0.39, 0.29) is 15.5 Å². The molecule has 0 saturated carbocycles. The number of carbonyl (C=O) groups excluding carboxylic acids is 2. The van der Waals surface area contributed by atoms with Crippen molar-refractivity contribution in [3.8, 4) is 11.5 Å². The molecule has 2 amide bonds. The van der Waals surface area contributed by atoms with Crippen molar-refractivity contribution >= 4 is 22.7 Å². The summed E-state index contributed by atoms with van der Waals surface area (Å²) in [6.45, 7) is -3.72. The number of aromatic nitrogens is 1. The molecule has 1 saturated heterocycles. The lowest BCUT2D eigenvalue weighted by atomic mass is 9.86. The van der Waals surface area contributed by atoms with Crippen molar-refractivity contribution in [3.63, 3.8) is 0 Å². The predicted molar refractivity (Wildman–Crippen MR) is 105 cm³/mol. The van der Waals surface area contributed by atoms with E-state index in [0.29, 0.717) is 0 Å². The van der Waals surface area contributed by atoms with Crippen molar-refractivity contribution < 1.29 is 36.9 Å². The number of rotatable bonds is 1. The molecule has 1 N–H and O–H groups in total. The van der Waals surface area contributed by atoms with Crippen LogP contribution in [0.1, 0.15) is 40.7 Å². The molecule has 0 aliphatic carbocycles. The Bertz CT molecular complexity index is 1810. The van der Waals surface area contributed by atoms with Crippen LogP contribution in [-0.2, 0) is 16.0 Å². The third kappa shape index (κ3) is 2.24. The molecule has 3 aliphatic rings. The number of para-hydroxylation sites is 1. The topological polar surface area (TPSA) is 74.9 Å². The third-order valence-corrected chi connectivity index (χ3v) is 4.73. The Morgan fingerprint density at radius 1 is 1.21 bits per heavy atom. The van der Waals surface area contributed by atoms with Gasteiger partial charge in [-0.3, -0.25) is 9.59 Å². The monoisotopic (exact) mass is 402 g/mol. The predicted octanol–water partition coefficient (Wildman–Crippen LogP) is 2.21. The van der Waals surface area contributed by atoms with Crippen LogP contribution in [0.4, 0.5) is 0 Å². The fourth-order valence-electron chi connectivity index (χ4n) is 3.45. The summed E-state index contributed by atoms with van der Waals surface area (Å²) in [5, 5.41) is -0.551. The maximum atomic E-state index is 13.9. The van der Waals surface area contributed by atoms with Gasteiger partial charge in [0.05, 0.1) is 27.6 Å². The van der Waals surface area contributed by atoms with E-state index in [1.165, 1.54) is 0 Å². The minimum Gasteiger partial charge on any atom is -0.454 e. The summed E-state index contributed by atoms with van der Waals surface area (Å²) >= 11 is 0. The molecule has 2 aromatic carbocycles. The average molecular weight is 402 g/mol. The lowest BCUT2D eigenvalue weighted by Gasteiger charge is -2.46. The van der Waals surface area contributed by atoms with Crippen LogP contribution < -0.4 is 9.47 Å². The number of H-pyrrole nitrogens is 1. The molecule has 4 heterocycles. The molecule has 146 valence electrons. The molecule has 7 nitrogen and oxygen atoms in total. The second-order valence-electron chi connectivity index (χ2n) is 6.38. The first-order valence-electron chi connectivity index (χ1n) is 15.0. The number of carbonyl (C=O) groups is 2. The molecule has 3 aliphatic heterocycles. The van der Waals surface area contributed by atoms with E-state index in [1.807, 2.05) is 0 Å². The van der Waals surface area contributed by atoms with Gasteiger partial charge in [-0.1, -0.05) is 24.2 Å². The van der Waals surface area contributed by atoms with E-state index in [0.717, 1.165) is 7.05 Å². The van der Waals surface area contributed by atoms with Gasteiger partial charge in [-0.15, -0.1) is 0 Å². The molecule has 3 aromatic rings. The lowest BCUT2D eigenvalue weighted by Crippen LogP contribution is -2.62. The van der Waals surface area contributed by atoms with E-state index < -0.39 is 119 Å². The zero-order chi connectivity index (χ0) is 31.2. The Balaban J connectivity index is 1.89. The van der Waals surface area contributed by atoms with Gasteiger partial charge in [0.15, 0.2) is 11.5 Å². The van der Waals surface area contributed by atoms with Gasteiger partial charge in [-0.05, 0) is 29.3 Å². The number of aromatic amines is 1. The first kappa shape index (κ1) is 8.10. The van der Waals surface area contributed by atoms with E-state index in [4.69, 9.17) is 24.6 Å². The molecule has 1 fully saturated rings. The van der Waals surface area contributed by atoms with Gasteiger partial charge in [0.2, 0.25) is 18.6 Å². The molecule has 1 aromatic heterocycles. The molecule has 0 radical (unpaired) electrons. The second-order valence-corrected chi connectivity index (χ2v) is 6.38. The van der Waals surface area contributed by atoms with Crippen molar-refractivity contribution in [1.29, 1.82) is 0 Å². The van der Waals surface area contributed by atoms with Crippen LogP contribution in [0.2, 0.25) is 0 Å². The molecule has 7 heteroatoms. The third-order valence-electron chi connectivity index (χ3n) is 4.73. The van der Waals surface area contributed by atoms with Crippen LogP contribution in [0, 0.1) is 0 Å². The van der Waals surface area contributed by atoms with E-state index >= 15 is 0 Å². The van der Waals surface area contributed by atoms with Crippen LogP contribution >= 0.6 is 0 Å². The summed E-state index contributed by atoms with van der Waals surface area (Å²) < 4.78 is 123. The number of benzene rings is 2. The molecular formula is C22H19N3O4. The molecule has 0 spiro atoms. The van der Waals surface area contributed by atoms with Gasteiger partial charge in [0.25, 0.3) is 0 Å². The lowest BCUT2D eigenvalue weighted by molar-refractivity contribution is -0.157. The number of nitrogens with one attached hydrogen (secondary N) is 1. The minimum atomic E-state index is -3.51. The summed E-state index contributed by atoms with van der Waals surface area (Å²) in [6, 6.07) is -12.3. The van der Waals surface area contributed by atoms with Crippen molar-refractivity contribution in [3.05, 3.63) is 59.1 Å². The fraction of sp³-hybridized carbons (Fsp3) is 0.273. The van der Waals surface area contributed by atoms with Crippen molar-refractivity contribution in [1.82, 2.24) is 14.8 Å². The van der Waals surface area contributed by atoms with Crippen molar-refractivity contribution in [2.24, 2.45) is 0 Å². The highest BCUT2D eigenvalue weighted by Crippen LogP contribution is 2.44. The number of ether oxygens (including phenoxy) is 2. The Morgan fingerprint density at radius 2 is 2.03 bits per heavy atom. The fourth-order valence-corrected chi connectivity index (χ4v) is 3.45. The van der Waals surface area contributed by atoms with Crippen LogP contribution in [0.3, 0.4) is 0 Å². The van der Waals surface area contributed by atoms with Crippen LogP contribution in [0.15, 0.2) is 42.3 Å². The zero-order valence-electron chi connectivity index (χ0n) is 27.7. The summed E-state index contributed by atoms with van der Waals surface area (Å²) in [4.78, 5) is 30.4. The average Bonchev–Trinajstić information content (AvgIpc) is 3.58. The Labute approximate surface area is 185 Å². The molecule has 0 unspecified atom stereocenters. The Morgan fingerprint density at radius 3 is 2.93 bits per heavy atom.